The minimum Gasteiger partial charge on any atom is -0.497 e. The Bertz CT molecular complexity index is 727. The number of aromatic nitrogens is 3. The van der Waals surface area contributed by atoms with Gasteiger partial charge in [0, 0.05) is 18.2 Å². The van der Waals surface area contributed by atoms with Gasteiger partial charge < -0.3 is 10.1 Å². The van der Waals surface area contributed by atoms with Crippen LogP contribution in [-0.2, 0) is 4.79 Å². The van der Waals surface area contributed by atoms with Crippen molar-refractivity contribution in [3.63, 3.8) is 0 Å². The molecule has 1 aliphatic rings. The summed E-state index contributed by atoms with van der Waals surface area (Å²) in [6, 6.07) is 7.99. The maximum absolute atomic E-state index is 12.2. The molecule has 0 bridgehead atoms. The molecular formula is C18H24N4O2S. The van der Waals surface area contributed by atoms with Gasteiger partial charge in [-0.25, -0.2) is 0 Å². The number of ether oxygens (including phenoxy) is 1. The van der Waals surface area contributed by atoms with Crippen molar-refractivity contribution >= 4 is 17.7 Å². The molecule has 1 unspecified atom stereocenters. The standard InChI is InChI=1S/C18H24N4O2S/c1-12(2)22-16(13-7-9-14(24-3)10-8-13)20-21-18(22)25-15-6-4-5-11-19-17(15)23/h7-10,12,15H,4-6,11H2,1-3H3,(H,19,23). The summed E-state index contributed by atoms with van der Waals surface area (Å²) in [5.74, 6) is 1.73. The molecule has 6 nitrogen and oxygen atoms in total. The highest BCUT2D eigenvalue weighted by Gasteiger charge is 2.26. The van der Waals surface area contributed by atoms with Gasteiger partial charge in [0.05, 0.1) is 12.4 Å². The summed E-state index contributed by atoms with van der Waals surface area (Å²) in [5.41, 5.74) is 0.985. The first kappa shape index (κ1) is 17.8. The third kappa shape index (κ3) is 3.98. The molecule has 3 rings (SSSR count). The zero-order chi connectivity index (χ0) is 17.8. The van der Waals surface area contributed by atoms with Gasteiger partial charge in [0.15, 0.2) is 11.0 Å². The van der Waals surface area contributed by atoms with E-state index < -0.39 is 0 Å². The molecule has 1 aromatic heterocycles. The molecule has 1 atom stereocenters. The van der Waals surface area contributed by atoms with Crippen LogP contribution in [0.15, 0.2) is 29.4 Å². The second-order valence-electron chi connectivity index (χ2n) is 6.39. The number of rotatable bonds is 5. The Kier molecular flexibility index (Phi) is 5.63. The Hall–Kier alpha value is -2.02. The van der Waals surface area contributed by atoms with Gasteiger partial charge in [-0.15, -0.1) is 10.2 Å². The van der Waals surface area contributed by atoms with Crippen molar-refractivity contribution in [1.82, 2.24) is 20.1 Å². The van der Waals surface area contributed by atoms with Crippen LogP contribution >= 0.6 is 11.8 Å². The Morgan fingerprint density at radius 3 is 2.68 bits per heavy atom. The molecule has 2 heterocycles. The number of hydrogen-bond donors (Lipinski definition) is 1. The van der Waals surface area contributed by atoms with Gasteiger partial charge in [-0.05, 0) is 51.0 Å². The van der Waals surface area contributed by atoms with Crippen LogP contribution in [0, 0.1) is 0 Å². The minimum absolute atomic E-state index is 0.104. The topological polar surface area (TPSA) is 69.0 Å². The van der Waals surface area contributed by atoms with Crippen molar-refractivity contribution < 1.29 is 9.53 Å². The fraction of sp³-hybridized carbons (Fsp3) is 0.500. The number of nitrogens with zero attached hydrogens (tertiary/aromatic N) is 3. The van der Waals surface area contributed by atoms with Crippen LogP contribution in [-0.4, -0.2) is 39.6 Å². The molecule has 7 heteroatoms. The highest BCUT2D eigenvalue weighted by molar-refractivity contribution is 8.00. The zero-order valence-corrected chi connectivity index (χ0v) is 15.7. The molecule has 25 heavy (non-hydrogen) atoms. The first-order valence-electron chi connectivity index (χ1n) is 8.64. The third-order valence-electron chi connectivity index (χ3n) is 4.26. The van der Waals surface area contributed by atoms with Crippen LogP contribution in [0.25, 0.3) is 11.4 Å². The van der Waals surface area contributed by atoms with E-state index in [0.29, 0.717) is 0 Å². The van der Waals surface area contributed by atoms with Gasteiger partial charge in [0.25, 0.3) is 0 Å². The minimum atomic E-state index is -0.104. The summed E-state index contributed by atoms with van der Waals surface area (Å²) in [6.07, 6.45) is 2.97. The maximum Gasteiger partial charge on any atom is 0.233 e. The van der Waals surface area contributed by atoms with Crippen molar-refractivity contribution in [1.29, 1.82) is 0 Å². The Labute approximate surface area is 152 Å². The quantitative estimate of drug-likeness (QED) is 0.886. The van der Waals surface area contributed by atoms with Gasteiger partial charge in [-0.1, -0.05) is 18.2 Å². The van der Waals surface area contributed by atoms with E-state index in [4.69, 9.17) is 4.74 Å². The Balaban J connectivity index is 1.89. The summed E-state index contributed by atoms with van der Waals surface area (Å²) in [6.45, 7) is 4.98. The van der Waals surface area contributed by atoms with E-state index in [9.17, 15) is 4.79 Å². The molecule has 0 radical (unpaired) electrons. The van der Waals surface area contributed by atoms with Gasteiger partial charge in [0.2, 0.25) is 5.91 Å². The number of nitrogens with one attached hydrogen (secondary N) is 1. The zero-order valence-electron chi connectivity index (χ0n) is 14.9. The number of amides is 1. The molecule has 0 aliphatic carbocycles. The van der Waals surface area contributed by atoms with Crippen LogP contribution in [0.4, 0.5) is 0 Å². The molecule has 0 saturated carbocycles. The second-order valence-corrected chi connectivity index (χ2v) is 7.56. The van der Waals surface area contributed by atoms with Crippen molar-refractivity contribution in [2.75, 3.05) is 13.7 Å². The highest BCUT2D eigenvalue weighted by atomic mass is 32.2. The van der Waals surface area contributed by atoms with E-state index in [1.54, 1.807) is 7.11 Å². The Morgan fingerprint density at radius 2 is 2.00 bits per heavy atom. The van der Waals surface area contributed by atoms with Crippen molar-refractivity contribution in [3.8, 4) is 17.1 Å². The summed E-state index contributed by atoms with van der Waals surface area (Å²) < 4.78 is 7.32. The normalized spacial score (nSPS) is 18.1. The number of carbonyl (C=O) groups excluding carboxylic acids is 1. The first-order valence-corrected chi connectivity index (χ1v) is 9.52. The lowest BCUT2D eigenvalue weighted by molar-refractivity contribution is -0.120. The van der Waals surface area contributed by atoms with Crippen molar-refractivity contribution in [2.45, 2.75) is 49.6 Å². The first-order chi connectivity index (χ1) is 12.1. The Morgan fingerprint density at radius 1 is 1.24 bits per heavy atom. The average molecular weight is 360 g/mol. The SMILES string of the molecule is COc1ccc(-c2nnc(SC3CCCCNC3=O)n2C(C)C)cc1. The number of methoxy groups -OCH3 is 1. The molecule has 1 aromatic carbocycles. The fourth-order valence-corrected chi connectivity index (χ4v) is 4.14. The molecule has 1 saturated heterocycles. The van der Waals surface area contributed by atoms with Crippen molar-refractivity contribution in [2.24, 2.45) is 0 Å². The predicted molar refractivity (Wildman–Crippen MR) is 98.9 cm³/mol. The van der Waals surface area contributed by atoms with Crippen LogP contribution < -0.4 is 10.1 Å². The van der Waals surface area contributed by atoms with Crippen LogP contribution in [0.5, 0.6) is 5.75 Å². The predicted octanol–water partition coefficient (Wildman–Crippen LogP) is 3.30. The van der Waals surface area contributed by atoms with Gasteiger partial charge in [-0.2, -0.15) is 0 Å². The highest BCUT2D eigenvalue weighted by Crippen LogP contribution is 2.32. The van der Waals surface area contributed by atoms with Gasteiger partial charge in [-0.3, -0.25) is 9.36 Å². The number of carbonyl (C=O) groups is 1. The smallest absolute Gasteiger partial charge is 0.233 e. The van der Waals surface area contributed by atoms with Crippen LogP contribution in [0.2, 0.25) is 0 Å². The summed E-state index contributed by atoms with van der Waals surface area (Å²) in [5, 5.41) is 12.5. The largest absolute Gasteiger partial charge is 0.497 e. The van der Waals surface area contributed by atoms with E-state index in [0.717, 1.165) is 48.1 Å². The molecule has 134 valence electrons. The van der Waals surface area contributed by atoms with E-state index >= 15 is 0 Å². The maximum atomic E-state index is 12.2. The number of hydrogen-bond acceptors (Lipinski definition) is 5. The molecule has 1 fully saturated rings. The number of benzene rings is 1. The van der Waals surface area contributed by atoms with E-state index in [1.807, 2.05) is 24.3 Å². The molecular weight excluding hydrogens is 336 g/mol. The van der Waals surface area contributed by atoms with E-state index in [2.05, 4.69) is 33.9 Å². The molecule has 1 aliphatic heterocycles. The number of thioether (sulfide) groups is 1. The monoisotopic (exact) mass is 360 g/mol. The summed E-state index contributed by atoms with van der Waals surface area (Å²) in [4.78, 5) is 12.2. The summed E-state index contributed by atoms with van der Waals surface area (Å²) in [7, 11) is 1.65. The van der Waals surface area contributed by atoms with Crippen LogP contribution in [0.1, 0.15) is 39.2 Å². The molecule has 2 aromatic rings. The molecule has 1 N–H and O–H groups in total. The second kappa shape index (κ2) is 7.91. The molecule has 0 spiro atoms. The van der Waals surface area contributed by atoms with Gasteiger partial charge >= 0.3 is 0 Å². The lowest BCUT2D eigenvalue weighted by atomic mass is 10.2. The van der Waals surface area contributed by atoms with Crippen molar-refractivity contribution in [3.05, 3.63) is 24.3 Å². The van der Waals surface area contributed by atoms with E-state index in [1.165, 1.54) is 11.8 Å². The third-order valence-corrected chi connectivity index (χ3v) is 5.49. The van der Waals surface area contributed by atoms with Crippen LogP contribution in [0.3, 0.4) is 0 Å². The lowest BCUT2D eigenvalue weighted by Crippen LogP contribution is -2.30. The van der Waals surface area contributed by atoms with Gasteiger partial charge in [0.1, 0.15) is 5.75 Å². The lowest BCUT2D eigenvalue weighted by Gasteiger charge is -2.17. The fourth-order valence-electron chi connectivity index (χ4n) is 2.91. The summed E-state index contributed by atoms with van der Waals surface area (Å²) >= 11 is 1.52. The molecule has 1 amide bonds. The van der Waals surface area contributed by atoms with E-state index in [-0.39, 0.29) is 17.2 Å². The average Bonchev–Trinajstić information content (AvgIpc) is 2.93.